The zero-order chi connectivity index (χ0) is 25.3. The highest BCUT2D eigenvalue weighted by Crippen LogP contribution is 2.28. The van der Waals surface area contributed by atoms with Gasteiger partial charge in [0.15, 0.2) is 0 Å². The van der Waals surface area contributed by atoms with Crippen molar-refractivity contribution in [1.82, 2.24) is 9.47 Å². The lowest BCUT2D eigenvalue weighted by atomic mass is 10.1. The molecule has 1 heterocycles. The molecule has 0 saturated carbocycles. The summed E-state index contributed by atoms with van der Waals surface area (Å²) >= 11 is 0. The van der Waals surface area contributed by atoms with E-state index in [0.717, 1.165) is 34.2 Å². The van der Waals surface area contributed by atoms with Crippen LogP contribution in [0.4, 0.5) is 0 Å². The highest BCUT2D eigenvalue weighted by molar-refractivity contribution is 5.88. The van der Waals surface area contributed by atoms with Gasteiger partial charge < -0.3 is 18.9 Å². The SMILES string of the molecule is COC(=O)CCc1cn(CC(=O)N(C)CCc2ccccc2)c2ccc(OCc3ccccc3)cc12. The Kier molecular flexibility index (Phi) is 8.40. The second-order valence-electron chi connectivity index (χ2n) is 8.86. The van der Waals surface area contributed by atoms with Crippen LogP contribution in [0.2, 0.25) is 0 Å². The predicted molar refractivity (Wildman–Crippen MR) is 141 cm³/mol. The molecule has 0 fully saturated rings. The van der Waals surface area contributed by atoms with E-state index in [4.69, 9.17) is 9.47 Å². The Hall–Kier alpha value is -4.06. The number of esters is 1. The molecule has 0 atom stereocenters. The number of hydrogen-bond donors (Lipinski definition) is 0. The van der Waals surface area contributed by atoms with Crippen molar-refractivity contribution < 1.29 is 19.1 Å². The van der Waals surface area contributed by atoms with E-state index < -0.39 is 0 Å². The maximum atomic E-state index is 13.0. The molecule has 0 bridgehead atoms. The monoisotopic (exact) mass is 484 g/mol. The van der Waals surface area contributed by atoms with E-state index in [1.807, 2.05) is 84.5 Å². The topological polar surface area (TPSA) is 60.8 Å². The van der Waals surface area contributed by atoms with Crippen molar-refractivity contribution in [2.24, 2.45) is 0 Å². The molecule has 0 spiro atoms. The fraction of sp³-hybridized carbons (Fsp3) is 0.267. The van der Waals surface area contributed by atoms with Gasteiger partial charge in [-0.25, -0.2) is 0 Å². The lowest BCUT2D eigenvalue weighted by molar-refractivity contribution is -0.140. The highest BCUT2D eigenvalue weighted by Gasteiger charge is 2.16. The summed E-state index contributed by atoms with van der Waals surface area (Å²) < 4.78 is 12.8. The quantitative estimate of drug-likeness (QED) is 0.280. The Balaban J connectivity index is 1.50. The molecule has 0 aliphatic carbocycles. The number of nitrogens with zero attached hydrogens (tertiary/aromatic N) is 2. The first kappa shape index (κ1) is 25.0. The fourth-order valence-electron chi connectivity index (χ4n) is 4.18. The summed E-state index contributed by atoms with van der Waals surface area (Å²) in [5.41, 5.74) is 4.22. The Morgan fingerprint density at radius 1 is 0.889 bits per heavy atom. The normalized spacial score (nSPS) is 10.8. The second kappa shape index (κ2) is 12.1. The van der Waals surface area contributed by atoms with Crippen molar-refractivity contribution in [3.8, 4) is 5.75 Å². The van der Waals surface area contributed by atoms with Gasteiger partial charge in [0, 0.05) is 37.1 Å². The molecule has 4 rings (SSSR count). The van der Waals surface area contributed by atoms with E-state index in [1.165, 1.54) is 12.7 Å². The Morgan fingerprint density at radius 3 is 2.28 bits per heavy atom. The second-order valence-corrected chi connectivity index (χ2v) is 8.86. The molecule has 0 saturated heterocycles. The number of methoxy groups -OCH3 is 1. The van der Waals surface area contributed by atoms with Crippen LogP contribution in [0.15, 0.2) is 85.1 Å². The average molecular weight is 485 g/mol. The zero-order valence-electron chi connectivity index (χ0n) is 20.9. The van der Waals surface area contributed by atoms with Crippen LogP contribution >= 0.6 is 0 Å². The van der Waals surface area contributed by atoms with Crippen LogP contribution in [-0.4, -0.2) is 42.0 Å². The highest BCUT2D eigenvalue weighted by atomic mass is 16.5. The molecule has 6 heteroatoms. The molecule has 1 aromatic heterocycles. The smallest absolute Gasteiger partial charge is 0.305 e. The number of aromatic nitrogens is 1. The molecular formula is C30H32N2O4. The largest absolute Gasteiger partial charge is 0.489 e. The van der Waals surface area contributed by atoms with E-state index in [2.05, 4.69) is 12.1 Å². The van der Waals surface area contributed by atoms with Crippen molar-refractivity contribution in [2.75, 3.05) is 20.7 Å². The summed E-state index contributed by atoms with van der Waals surface area (Å²) in [7, 11) is 3.23. The summed E-state index contributed by atoms with van der Waals surface area (Å²) in [5, 5.41) is 0.976. The van der Waals surface area contributed by atoms with Gasteiger partial charge in [0.25, 0.3) is 0 Å². The number of carbonyl (C=O) groups excluding carboxylic acids is 2. The zero-order valence-corrected chi connectivity index (χ0v) is 20.9. The molecule has 3 aromatic carbocycles. The van der Waals surface area contributed by atoms with Crippen LogP contribution in [0.1, 0.15) is 23.1 Å². The number of carbonyl (C=O) groups is 2. The third-order valence-electron chi connectivity index (χ3n) is 6.32. The van der Waals surface area contributed by atoms with E-state index in [1.54, 1.807) is 4.90 Å². The molecule has 0 aliphatic heterocycles. The van der Waals surface area contributed by atoms with Gasteiger partial charge >= 0.3 is 5.97 Å². The summed E-state index contributed by atoms with van der Waals surface area (Å²) in [6.07, 6.45) is 3.57. The molecule has 4 aromatic rings. The van der Waals surface area contributed by atoms with Crippen molar-refractivity contribution in [2.45, 2.75) is 32.4 Å². The number of hydrogen-bond acceptors (Lipinski definition) is 4. The lowest BCUT2D eigenvalue weighted by Gasteiger charge is -2.18. The number of rotatable bonds is 11. The van der Waals surface area contributed by atoms with Gasteiger partial charge in [-0.05, 0) is 47.7 Å². The molecule has 36 heavy (non-hydrogen) atoms. The first-order valence-electron chi connectivity index (χ1n) is 12.2. The van der Waals surface area contributed by atoms with E-state index in [0.29, 0.717) is 19.6 Å². The van der Waals surface area contributed by atoms with E-state index in [9.17, 15) is 9.59 Å². The van der Waals surface area contributed by atoms with E-state index >= 15 is 0 Å². The van der Waals surface area contributed by atoms with Crippen molar-refractivity contribution in [1.29, 1.82) is 0 Å². The molecule has 0 radical (unpaired) electrons. The minimum atomic E-state index is -0.260. The molecule has 1 amide bonds. The Morgan fingerprint density at radius 2 is 1.58 bits per heavy atom. The van der Waals surface area contributed by atoms with Crippen LogP contribution in [-0.2, 0) is 40.3 Å². The summed E-state index contributed by atoms with van der Waals surface area (Å²) in [6, 6.07) is 26.1. The van der Waals surface area contributed by atoms with Crippen LogP contribution in [0, 0.1) is 0 Å². The predicted octanol–water partition coefficient (Wildman–Crippen LogP) is 5.03. The van der Waals surface area contributed by atoms with Gasteiger partial charge in [-0.2, -0.15) is 0 Å². The summed E-state index contributed by atoms with van der Waals surface area (Å²) in [4.78, 5) is 26.6. The van der Waals surface area contributed by atoms with Crippen molar-refractivity contribution >= 4 is 22.8 Å². The van der Waals surface area contributed by atoms with Crippen molar-refractivity contribution in [3.63, 3.8) is 0 Å². The van der Waals surface area contributed by atoms with Crippen LogP contribution < -0.4 is 4.74 Å². The number of benzene rings is 3. The number of aryl methyl sites for hydroxylation is 1. The first-order chi connectivity index (χ1) is 17.5. The molecular weight excluding hydrogens is 452 g/mol. The van der Waals surface area contributed by atoms with Gasteiger partial charge in [-0.3, -0.25) is 9.59 Å². The maximum absolute atomic E-state index is 13.0. The standard InChI is InChI=1S/C30H32N2O4/c1-31(18-17-23-9-5-3-6-10-23)29(33)21-32-20-25(13-16-30(34)35-2)27-19-26(14-15-28(27)32)36-22-24-11-7-4-8-12-24/h3-12,14-15,19-20H,13,16-18,21-22H2,1-2H3. The summed E-state index contributed by atoms with van der Waals surface area (Å²) in [5.74, 6) is 0.519. The van der Waals surface area contributed by atoms with Gasteiger partial charge in [0.2, 0.25) is 5.91 Å². The van der Waals surface area contributed by atoms with Crippen LogP contribution in [0.25, 0.3) is 10.9 Å². The molecule has 0 N–H and O–H groups in total. The Labute approximate surface area is 212 Å². The number of fused-ring (bicyclic) bond motifs is 1. The van der Waals surface area contributed by atoms with Gasteiger partial charge in [-0.15, -0.1) is 0 Å². The molecule has 0 unspecified atom stereocenters. The third kappa shape index (κ3) is 6.54. The molecule has 6 nitrogen and oxygen atoms in total. The number of likely N-dealkylation sites (N-methyl/N-ethyl adjacent to an activating group) is 1. The summed E-state index contributed by atoms with van der Waals surface area (Å²) in [6.45, 7) is 1.34. The first-order valence-corrected chi connectivity index (χ1v) is 12.2. The maximum Gasteiger partial charge on any atom is 0.305 e. The number of ether oxygens (including phenoxy) is 2. The molecule has 0 aliphatic rings. The minimum Gasteiger partial charge on any atom is -0.489 e. The number of amides is 1. The van der Waals surface area contributed by atoms with Gasteiger partial charge in [0.05, 0.1) is 7.11 Å². The lowest BCUT2D eigenvalue weighted by Crippen LogP contribution is -2.31. The Bertz CT molecular complexity index is 1300. The minimum absolute atomic E-state index is 0.0340. The fourth-order valence-corrected chi connectivity index (χ4v) is 4.18. The van der Waals surface area contributed by atoms with Crippen LogP contribution in [0.3, 0.4) is 0 Å². The van der Waals surface area contributed by atoms with Gasteiger partial charge in [-0.1, -0.05) is 60.7 Å². The third-order valence-corrected chi connectivity index (χ3v) is 6.32. The molecule has 186 valence electrons. The van der Waals surface area contributed by atoms with Crippen LogP contribution in [0.5, 0.6) is 5.75 Å². The van der Waals surface area contributed by atoms with Crippen molar-refractivity contribution in [3.05, 3.63) is 102 Å². The average Bonchev–Trinajstić information content (AvgIpc) is 3.26. The van der Waals surface area contributed by atoms with Gasteiger partial charge in [0.1, 0.15) is 18.9 Å². The van der Waals surface area contributed by atoms with E-state index in [-0.39, 0.29) is 24.8 Å².